The number of carboxylic acid groups (broad SMARTS) is 1. The summed E-state index contributed by atoms with van der Waals surface area (Å²) in [5.74, 6) is -1.38. The highest BCUT2D eigenvalue weighted by atomic mass is 32.1. The summed E-state index contributed by atoms with van der Waals surface area (Å²) in [6.07, 6.45) is -6.46. The van der Waals surface area contributed by atoms with E-state index in [0.717, 1.165) is 17.2 Å². The number of nitrogens with zero attached hydrogens (tertiary/aromatic N) is 4. The summed E-state index contributed by atoms with van der Waals surface area (Å²) in [5.41, 5.74) is 4.30. The fourth-order valence-electron chi connectivity index (χ4n) is 4.48. The van der Waals surface area contributed by atoms with Gasteiger partial charge in [0.05, 0.1) is 19.5 Å². The van der Waals surface area contributed by atoms with Crippen molar-refractivity contribution in [2.75, 3.05) is 37.8 Å². The minimum Gasteiger partial charge on any atom is -0.481 e. The van der Waals surface area contributed by atoms with Crippen LogP contribution in [-0.2, 0) is 50.7 Å². The third-order valence-corrected chi connectivity index (χ3v) is 10.4. The lowest BCUT2D eigenvalue weighted by Gasteiger charge is -2.30. The molecule has 0 bridgehead atoms. The average molecular weight is 870 g/mol. The third-order valence-electron chi connectivity index (χ3n) is 7.09. The van der Waals surface area contributed by atoms with Gasteiger partial charge in [0.1, 0.15) is 36.3 Å². The van der Waals surface area contributed by atoms with Crippen LogP contribution in [0.5, 0.6) is 0 Å². The monoisotopic (exact) mass is 869 g/mol. The van der Waals surface area contributed by atoms with Crippen molar-refractivity contribution >= 4 is 70.9 Å². The predicted octanol–water partition coefficient (Wildman–Crippen LogP) is -0.548. The number of imidazole rings is 1. The Kier molecular flexibility index (Phi) is 18.2. The molecule has 3 heterocycles. The van der Waals surface area contributed by atoms with Gasteiger partial charge in [-0.1, -0.05) is 27.7 Å². The van der Waals surface area contributed by atoms with Crippen molar-refractivity contribution in [2.24, 2.45) is 11.3 Å². The Morgan fingerprint density at radius 1 is 1.05 bits per heavy atom. The molecule has 29 heteroatoms. The van der Waals surface area contributed by atoms with Crippen LogP contribution < -0.4 is 16.4 Å². The van der Waals surface area contributed by atoms with E-state index in [2.05, 4.69) is 47.0 Å². The van der Waals surface area contributed by atoms with Gasteiger partial charge in [0, 0.05) is 37.1 Å². The van der Waals surface area contributed by atoms with Crippen molar-refractivity contribution in [2.45, 2.75) is 71.2 Å². The van der Waals surface area contributed by atoms with Crippen LogP contribution in [0, 0.1) is 11.3 Å². The smallest absolute Gasteiger partial charge is 0.481 e. The molecule has 314 valence electrons. The van der Waals surface area contributed by atoms with Gasteiger partial charge < -0.3 is 56.0 Å². The van der Waals surface area contributed by atoms with E-state index in [1.165, 1.54) is 13.8 Å². The number of phosphoric acid groups is 3. The van der Waals surface area contributed by atoms with Gasteiger partial charge in [-0.15, -0.1) is 0 Å². The first-order chi connectivity index (χ1) is 25.3. The fourth-order valence-corrected chi connectivity index (χ4v) is 7.43. The molecule has 1 aliphatic heterocycles. The van der Waals surface area contributed by atoms with E-state index in [-0.39, 0.29) is 48.2 Å². The number of nitrogens with one attached hydrogen (secondary N) is 2. The Bertz CT molecular complexity index is 1760. The number of ether oxygens (including phenoxy) is 1. The number of aliphatic hydroxyl groups is 2. The topological polar surface area (TPSA) is 384 Å². The molecule has 1 saturated heterocycles. The van der Waals surface area contributed by atoms with Crippen LogP contribution >= 0.6 is 36.1 Å². The molecule has 7 atom stereocenters. The molecule has 0 spiro atoms. The second-order valence-electron chi connectivity index (χ2n) is 12.8. The maximum Gasteiger partial charge on any atom is 0.481 e. The number of carbonyl (C=O) groups is 3. The SMILES string of the molecule is CC(C)(COP(=O)(O)OP(=O)(O)OC[C@H]1O[C@@H](n2cnc3c(N)ncnc32)[C@H](O)[C@@H]1OP(=O)(O)O)[C@@H](O)C(=O)NCCC(=O)NCCS.CC(C)CC(=O)O. The zero-order valence-electron chi connectivity index (χ0n) is 29.8. The Morgan fingerprint density at radius 2 is 1.69 bits per heavy atom. The molecule has 11 N–H and O–H groups in total. The number of nitrogen functional groups attached to an aromatic ring is 1. The summed E-state index contributed by atoms with van der Waals surface area (Å²) in [5, 5.41) is 34.2. The summed E-state index contributed by atoms with van der Waals surface area (Å²) >= 11 is 3.95. The highest BCUT2D eigenvalue weighted by Crippen LogP contribution is 2.61. The summed E-state index contributed by atoms with van der Waals surface area (Å²) in [7, 11) is -16.3. The number of aromatic nitrogens is 4. The van der Waals surface area contributed by atoms with Crippen LogP contribution in [-0.4, -0.2) is 129 Å². The summed E-state index contributed by atoms with van der Waals surface area (Å²) in [6, 6.07) is 0. The number of aliphatic carboxylic acids is 1. The highest BCUT2D eigenvalue weighted by molar-refractivity contribution is 7.80. The number of rotatable bonds is 20. The van der Waals surface area contributed by atoms with Crippen LogP contribution in [0.25, 0.3) is 11.2 Å². The number of phosphoric ester groups is 3. The molecule has 2 unspecified atom stereocenters. The second kappa shape index (κ2) is 20.7. The zero-order valence-corrected chi connectivity index (χ0v) is 33.4. The normalized spacial score (nSPS) is 21.6. The molecular weight excluding hydrogens is 823 g/mol. The van der Waals surface area contributed by atoms with Gasteiger partial charge in [0.2, 0.25) is 11.8 Å². The fraction of sp³-hybridized carbons (Fsp3) is 0.692. The number of anilines is 1. The molecular formula is C26H46N7O18P3S. The molecule has 25 nitrogen and oxygen atoms in total. The van der Waals surface area contributed by atoms with E-state index in [0.29, 0.717) is 12.3 Å². The lowest BCUT2D eigenvalue weighted by atomic mass is 9.87. The molecule has 1 aliphatic rings. The minimum absolute atomic E-state index is 0.0363. The van der Waals surface area contributed by atoms with Gasteiger partial charge in [-0.3, -0.25) is 32.5 Å². The third kappa shape index (κ3) is 16.0. The number of hydrogen-bond acceptors (Lipinski definition) is 18. The lowest BCUT2D eigenvalue weighted by Crippen LogP contribution is -2.46. The van der Waals surface area contributed by atoms with Crippen molar-refractivity contribution in [3.8, 4) is 0 Å². The Labute approximate surface area is 319 Å². The zero-order chi connectivity index (χ0) is 41.9. The van der Waals surface area contributed by atoms with Gasteiger partial charge in [-0.2, -0.15) is 16.9 Å². The average Bonchev–Trinajstić information content (AvgIpc) is 3.61. The van der Waals surface area contributed by atoms with Gasteiger partial charge in [-0.05, 0) is 5.92 Å². The molecule has 1 fully saturated rings. The number of carbonyl (C=O) groups excluding carboxylic acids is 2. The van der Waals surface area contributed by atoms with Crippen molar-refractivity contribution in [1.82, 2.24) is 30.2 Å². The van der Waals surface area contributed by atoms with Gasteiger partial charge >= 0.3 is 29.4 Å². The molecule has 2 aromatic rings. The molecule has 2 amide bonds. The first-order valence-electron chi connectivity index (χ1n) is 16.0. The van der Waals surface area contributed by atoms with E-state index in [1.54, 1.807) is 0 Å². The number of carboxylic acids is 1. The Balaban J connectivity index is 0.00000136. The Morgan fingerprint density at radius 3 is 2.25 bits per heavy atom. The van der Waals surface area contributed by atoms with Crippen molar-refractivity contribution < 1.29 is 85.6 Å². The van der Waals surface area contributed by atoms with Crippen LogP contribution in [0.3, 0.4) is 0 Å². The quantitative estimate of drug-likeness (QED) is 0.0587. The maximum absolute atomic E-state index is 12.6. The predicted molar refractivity (Wildman–Crippen MR) is 191 cm³/mol. The summed E-state index contributed by atoms with van der Waals surface area (Å²) < 4.78 is 61.7. The van der Waals surface area contributed by atoms with E-state index in [4.69, 9.17) is 24.6 Å². The number of aliphatic hydroxyl groups excluding tert-OH is 2. The van der Waals surface area contributed by atoms with E-state index < -0.39 is 84.6 Å². The Hall–Kier alpha value is -2.64. The van der Waals surface area contributed by atoms with Crippen molar-refractivity contribution in [1.29, 1.82) is 0 Å². The lowest BCUT2D eigenvalue weighted by molar-refractivity contribution is -0.138. The van der Waals surface area contributed by atoms with Crippen LogP contribution in [0.2, 0.25) is 0 Å². The number of amides is 2. The number of hydrogen-bond donors (Lipinski definition) is 11. The molecule has 0 saturated carbocycles. The van der Waals surface area contributed by atoms with E-state index >= 15 is 0 Å². The first kappa shape index (κ1) is 48.5. The maximum atomic E-state index is 12.6. The van der Waals surface area contributed by atoms with Gasteiger partial charge in [-0.25, -0.2) is 28.6 Å². The number of nitrogens with two attached hydrogens (primary N) is 1. The molecule has 0 aromatic carbocycles. The van der Waals surface area contributed by atoms with Crippen LogP contribution in [0.1, 0.15) is 46.8 Å². The summed E-state index contributed by atoms with van der Waals surface area (Å²) in [4.78, 5) is 84.4. The number of thiol groups is 1. The molecule has 0 radical (unpaired) electrons. The minimum atomic E-state index is -5.54. The standard InChI is InChI=1S/C21H36N7O16P3S.C5H10O2/c1-21(2,16(31)19(32)24-4-3-12(29)23-5-6-48)8-41-47(38,39)44-46(36,37)40-7-11-15(43-45(33,34)35)14(30)20(42-11)28-10-27-13-17(22)25-9-26-18(13)28;1-4(2)3-5(6)7/h9-11,14-16,20,30-31,48H,3-8H2,1-2H3,(H,23,29)(H,24,32)(H,36,37)(H,38,39)(H2,22,25,26)(H2,33,34,35);4H,3H2,1-2H3,(H,6,7)/t11-,14-,15-,16+,20-;/m1./s1. The van der Waals surface area contributed by atoms with Crippen molar-refractivity contribution in [3.05, 3.63) is 12.7 Å². The summed E-state index contributed by atoms with van der Waals surface area (Å²) in [6.45, 7) is 4.49. The highest BCUT2D eigenvalue weighted by Gasteiger charge is 2.50. The van der Waals surface area contributed by atoms with E-state index in [1.807, 2.05) is 13.8 Å². The van der Waals surface area contributed by atoms with Gasteiger partial charge in [0.15, 0.2) is 17.7 Å². The van der Waals surface area contributed by atoms with Crippen molar-refractivity contribution in [3.63, 3.8) is 0 Å². The first-order valence-corrected chi connectivity index (χ1v) is 21.2. The van der Waals surface area contributed by atoms with E-state index in [9.17, 15) is 57.9 Å². The van der Waals surface area contributed by atoms with Gasteiger partial charge in [0.25, 0.3) is 0 Å². The molecule has 0 aliphatic carbocycles. The molecule has 55 heavy (non-hydrogen) atoms. The molecule has 2 aromatic heterocycles. The molecule has 3 rings (SSSR count). The van der Waals surface area contributed by atoms with Crippen LogP contribution in [0.4, 0.5) is 5.82 Å². The number of fused-ring (bicyclic) bond motifs is 1. The largest absolute Gasteiger partial charge is 0.481 e. The van der Waals surface area contributed by atoms with Crippen LogP contribution in [0.15, 0.2) is 12.7 Å². The second-order valence-corrected chi connectivity index (χ2v) is 17.5.